The highest BCUT2D eigenvalue weighted by molar-refractivity contribution is 5.78. The summed E-state index contributed by atoms with van der Waals surface area (Å²) in [6, 6.07) is 0.306. The topological polar surface area (TPSA) is 52.6 Å². The van der Waals surface area contributed by atoms with Gasteiger partial charge in [0.15, 0.2) is 0 Å². The first-order valence-electron chi connectivity index (χ1n) is 6.36. The molecule has 4 nitrogen and oxygen atoms in total. The van der Waals surface area contributed by atoms with E-state index in [9.17, 15) is 4.79 Å². The molecule has 0 saturated carbocycles. The minimum Gasteiger partial charge on any atom is -0.396 e. The van der Waals surface area contributed by atoms with Crippen LogP contribution in [-0.4, -0.2) is 48.2 Å². The number of nitrogens with one attached hydrogen (secondary N) is 1. The van der Waals surface area contributed by atoms with Crippen LogP contribution in [-0.2, 0) is 4.79 Å². The van der Waals surface area contributed by atoms with Crippen LogP contribution in [0.2, 0.25) is 0 Å². The maximum absolute atomic E-state index is 11.8. The lowest BCUT2D eigenvalue weighted by Crippen LogP contribution is -2.43. The monoisotopic (exact) mass is 228 g/mol. The van der Waals surface area contributed by atoms with E-state index in [0.717, 1.165) is 38.8 Å². The molecule has 1 saturated heterocycles. The third-order valence-corrected chi connectivity index (χ3v) is 3.11. The summed E-state index contributed by atoms with van der Waals surface area (Å²) < 4.78 is 0. The van der Waals surface area contributed by atoms with E-state index >= 15 is 0 Å². The zero-order chi connectivity index (χ0) is 11.8. The molecule has 1 amide bonds. The number of hydrogen-bond donors (Lipinski definition) is 2. The molecule has 1 unspecified atom stereocenters. The molecule has 1 aliphatic heterocycles. The third-order valence-electron chi connectivity index (χ3n) is 3.11. The van der Waals surface area contributed by atoms with Crippen LogP contribution in [0, 0.1) is 0 Å². The highest BCUT2D eigenvalue weighted by Gasteiger charge is 2.16. The predicted molar refractivity (Wildman–Crippen MR) is 64.2 cm³/mol. The van der Waals surface area contributed by atoms with Crippen molar-refractivity contribution in [3.05, 3.63) is 0 Å². The second-order valence-electron chi connectivity index (χ2n) is 4.59. The van der Waals surface area contributed by atoms with Gasteiger partial charge in [0.2, 0.25) is 5.91 Å². The summed E-state index contributed by atoms with van der Waals surface area (Å²) in [5, 5.41) is 11.9. The van der Waals surface area contributed by atoms with E-state index in [4.69, 9.17) is 5.11 Å². The summed E-state index contributed by atoms with van der Waals surface area (Å²) in [5.74, 6) is 0.218. The molecule has 4 heteroatoms. The fourth-order valence-corrected chi connectivity index (χ4v) is 2.02. The number of amides is 1. The average Bonchev–Trinajstić information content (AvgIpc) is 2.34. The average molecular weight is 228 g/mol. The molecular formula is C12H24N2O2. The van der Waals surface area contributed by atoms with Crippen LogP contribution in [0.15, 0.2) is 0 Å². The van der Waals surface area contributed by atoms with Crippen molar-refractivity contribution in [2.75, 3.05) is 26.2 Å². The largest absolute Gasteiger partial charge is 0.396 e. The highest BCUT2D eigenvalue weighted by Crippen LogP contribution is 2.08. The molecule has 2 N–H and O–H groups in total. The van der Waals surface area contributed by atoms with Crippen LogP contribution in [0.25, 0.3) is 0 Å². The van der Waals surface area contributed by atoms with E-state index in [0.29, 0.717) is 12.6 Å². The number of likely N-dealkylation sites (tertiary alicyclic amines) is 1. The van der Waals surface area contributed by atoms with Crippen molar-refractivity contribution in [2.45, 2.75) is 45.1 Å². The summed E-state index contributed by atoms with van der Waals surface area (Å²) in [6.45, 7) is 4.56. The van der Waals surface area contributed by atoms with Crippen LogP contribution in [0.4, 0.5) is 0 Å². The SMILES string of the molecule is CC(CCCO)NCC(=O)N1CCCCC1. The molecule has 1 rings (SSSR count). The second kappa shape index (κ2) is 7.63. The second-order valence-corrected chi connectivity index (χ2v) is 4.59. The lowest BCUT2D eigenvalue weighted by molar-refractivity contribution is -0.131. The van der Waals surface area contributed by atoms with Gasteiger partial charge in [0, 0.05) is 25.7 Å². The zero-order valence-corrected chi connectivity index (χ0v) is 10.2. The van der Waals surface area contributed by atoms with E-state index in [1.165, 1.54) is 6.42 Å². The van der Waals surface area contributed by atoms with Crippen molar-refractivity contribution in [1.29, 1.82) is 0 Å². The quantitative estimate of drug-likeness (QED) is 0.705. The highest BCUT2D eigenvalue weighted by atomic mass is 16.2. The van der Waals surface area contributed by atoms with Crippen molar-refractivity contribution >= 4 is 5.91 Å². The number of aliphatic hydroxyl groups is 1. The predicted octanol–water partition coefficient (Wildman–Crippen LogP) is 0.749. The molecule has 1 fully saturated rings. The number of piperidine rings is 1. The standard InChI is InChI=1S/C12H24N2O2/c1-11(6-5-9-15)13-10-12(16)14-7-3-2-4-8-14/h11,13,15H,2-10H2,1H3. The van der Waals surface area contributed by atoms with Crippen molar-refractivity contribution in [2.24, 2.45) is 0 Å². The minimum absolute atomic E-state index is 0.218. The molecular weight excluding hydrogens is 204 g/mol. The number of nitrogens with zero attached hydrogens (tertiary/aromatic N) is 1. The van der Waals surface area contributed by atoms with Crippen molar-refractivity contribution < 1.29 is 9.90 Å². The normalized spacial score (nSPS) is 18.5. The van der Waals surface area contributed by atoms with Crippen LogP contribution >= 0.6 is 0 Å². The maximum Gasteiger partial charge on any atom is 0.236 e. The number of carbonyl (C=O) groups is 1. The first-order chi connectivity index (χ1) is 7.74. The van der Waals surface area contributed by atoms with Crippen LogP contribution in [0.3, 0.4) is 0 Å². The summed E-state index contributed by atoms with van der Waals surface area (Å²) >= 11 is 0. The molecule has 0 aromatic heterocycles. The van der Waals surface area contributed by atoms with Crippen molar-refractivity contribution in [3.8, 4) is 0 Å². The van der Waals surface area contributed by atoms with Crippen LogP contribution in [0.1, 0.15) is 39.0 Å². The number of hydrogen-bond acceptors (Lipinski definition) is 3. The molecule has 0 radical (unpaired) electrons. The lowest BCUT2D eigenvalue weighted by atomic mass is 10.1. The zero-order valence-electron chi connectivity index (χ0n) is 10.2. The minimum atomic E-state index is 0.218. The molecule has 16 heavy (non-hydrogen) atoms. The molecule has 0 spiro atoms. The van der Waals surface area contributed by atoms with Gasteiger partial charge in [-0.25, -0.2) is 0 Å². The molecule has 1 atom stereocenters. The smallest absolute Gasteiger partial charge is 0.236 e. The Bertz CT molecular complexity index is 203. The molecule has 0 aliphatic carbocycles. The van der Waals surface area contributed by atoms with Gasteiger partial charge in [0.1, 0.15) is 0 Å². The molecule has 1 heterocycles. The lowest BCUT2D eigenvalue weighted by Gasteiger charge is -2.27. The van der Waals surface area contributed by atoms with Crippen LogP contribution in [0.5, 0.6) is 0 Å². The van der Waals surface area contributed by atoms with E-state index < -0.39 is 0 Å². The van der Waals surface area contributed by atoms with E-state index in [1.807, 2.05) is 4.90 Å². The van der Waals surface area contributed by atoms with Gasteiger partial charge in [0.25, 0.3) is 0 Å². The van der Waals surface area contributed by atoms with Gasteiger partial charge in [-0.3, -0.25) is 4.79 Å². The fraction of sp³-hybridized carbons (Fsp3) is 0.917. The summed E-state index contributed by atoms with van der Waals surface area (Å²) in [5.41, 5.74) is 0. The van der Waals surface area contributed by atoms with Gasteiger partial charge in [-0.1, -0.05) is 0 Å². The molecule has 0 aromatic carbocycles. The number of rotatable bonds is 6. The van der Waals surface area contributed by atoms with E-state index in [1.54, 1.807) is 0 Å². The van der Waals surface area contributed by atoms with Gasteiger partial charge < -0.3 is 15.3 Å². The molecule has 0 bridgehead atoms. The summed E-state index contributed by atoms with van der Waals surface area (Å²) in [7, 11) is 0. The maximum atomic E-state index is 11.8. The summed E-state index contributed by atoms with van der Waals surface area (Å²) in [6.07, 6.45) is 5.26. The molecule has 0 aromatic rings. The third kappa shape index (κ3) is 4.94. The fourth-order valence-electron chi connectivity index (χ4n) is 2.02. The van der Waals surface area contributed by atoms with E-state index in [-0.39, 0.29) is 12.5 Å². The van der Waals surface area contributed by atoms with Crippen molar-refractivity contribution in [3.63, 3.8) is 0 Å². The Kier molecular flexibility index (Phi) is 6.42. The Morgan fingerprint density at radius 1 is 1.38 bits per heavy atom. The number of carbonyl (C=O) groups excluding carboxylic acids is 1. The first-order valence-corrected chi connectivity index (χ1v) is 6.36. The van der Waals surface area contributed by atoms with Crippen LogP contribution < -0.4 is 5.32 Å². The molecule has 1 aliphatic rings. The Labute approximate surface area is 98.0 Å². The molecule has 94 valence electrons. The van der Waals surface area contributed by atoms with Gasteiger partial charge in [0.05, 0.1) is 6.54 Å². The van der Waals surface area contributed by atoms with Gasteiger partial charge in [-0.05, 0) is 39.0 Å². The van der Waals surface area contributed by atoms with Gasteiger partial charge in [-0.15, -0.1) is 0 Å². The Balaban J connectivity index is 2.13. The van der Waals surface area contributed by atoms with Gasteiger partial charge in [-0.2, -0.15) is 0 Å². The first kappa shape index (κ1) is 13.5. The Hall–Kier alpha value is -0.610. The Morgan fingerprint density at radius 2 is 2.06 bits per heavy atom. The summed E-state index contributed by atoms with van der Waals surface area (Å²) in [4.78, 5) is 13.7. The Morgan fingerprint density at radius 3 is 2.69 bits per heavy atom. The van der Waals surface area contributed by atoms with Crippen molar-refractivity contribution in [1.82, 2.24) is 10.2 Å². The number of aliphatic hydroxyl groups excluding tert-OH is 1. The van der Waals surface area contributed by atoms with Gasteiger partial charge >= 0.3 is 0 Å². The van der Waals surface area contributed by atoms with E-state index in [2.05, 4.69) is 12.2 Å².